The van der Waals surface area contributed by atoms with Crippen LogP contribution in [0.5, 0.6) is 11.5 Å². The Hall–Kier alpha value is -2.60. The predicted molar refractivity (Wildman–Crippen MR) is 83.8 cm³/mol. The summed E-state index contributed by atoms with van der Waals surface area (Å²) in [4.78, 5) is 18.4. The quantitative estimate of drug-likeness (QED) is 0.854. The molecular formula is C16H18N2O4. The van der Waals surface area contributed by atoms with Crippen LogP contribution in [-0.2, 0) is 11.3 Å². The van der Waals surface area contributed by atoms with E-state index in [0.717, 1.165) is 5.56 Å². The van der Waals surface area contributed by atoms with Crippen molar-refractivity contribution in [2.45, 2.75) is 13.5 Å². The van der Waals surface area contributed by atoms with Crippen LogP contribution in [0.4, 0.5) is 0 Å². The molecule has 1 aromatic heterocycles. The number of methoxy groups -OCH3 is 1. The van der Waals surface area contributed by atoms with Crippen molar-refractivity contribution in [3.63, 3.8) is 0 Å². The Morgan fingerprint density at radius 2 is 2.14 bits per heavy atom. The Balaban J connectivity index is 2.24. The maximum absolute atomic E-state index is 11.5. The first-order valence-corrected chi connectivity index (χ1v) is 6.85. The summed E-state index contributed by atoms with van der Waals surface area (Å²) in [5, 5.41) is 9.66. The summed E-state index contributed by atoms with van der Waals surface area (Å²) in [5.41, 5.74) is 1.13. The standard InChI is InChI=1S/C16H18N2O4/c1-3-22-14-8-11(5-7-13(14)19)4-6-12-9-16(20)18-15(17-12)10-21-2/h4-9,19H,3,10H2,1-2H3,(H,17,18,20)/b6-4+. The molecule has 1 heterocycles. The van der Waals surface area contributed by atoms with Crippen LogP contribution in [0.15, 0.2) is 29.1 Å². The molecule has 2 N–H and O–H groups in total. The van der Waals surface area contributed by atoms with Gasteiger partial charge in [0.05, 0.1) is 12.3 Å². The van der Waals surface area contributed by atoms with E-state index in [-0.39, 0.29) is 17.9 Å². The van der Waals surface area contributed by atoms with Gasteiger partial charge in [-0.15, -0.1) is 0 Å². The zero-order valence-electron chi connectivity index (χ0n) is 12.5. The molecule has 2 rings (SSSR count). The second-order valence-electron chi connectivity index (χ2n) is 4.54. The molecule has 0 spiro atoms. The van der Waals surface area contributed by atoms with E-state index in [2.05, 4.69) is 9.97 Å². The number of aromatic amines is 1. The summed E-state index contributed by atoms with van der Waals surface area (Å²) < 4.78 is 10.3. The minimum Gasteiger partial charge on any atom is -0.504 e. The zero-order chi connectivity index (χ0) is 15.9. The third kappa shape index (κ3) is 4.20. The van der Waals surface area contributed by atoms with E-state index in [9.17, 15) is 9.90 Å². The molecule has 116 valence electrons. The van der Waals surface area contributed by atoms with Crippen LogP contribution in [0.25, 0.3) is 12.2 Å². The lowest BCUT2D eigenvalue weighted by atomic mass is 10.1. The largest absolute Gasteiger partial charge is 0.504 e. The van der Waals surface area contributed by atoms with Gasteiger partial charge in [-0.05, 0) is 30.7 Å². The van der Waals surface area contributed by atoms with Gasteiger partial charge < -0.3 is 19.6 Å². The monoisotopic (exact) mass is 302 g/mol. The molecule has 0 saturated heterocycles. The topological polar surface area (TPSA) is 84.4 Å². The first kappa shape index (κ1) is 15.8. The number of aromatic hydroxyl groups is 1. The molecular weight excluding hydrogens is 284 g/mol. The van der Waals surface area contributed by atoms with Gasteiger partial charge in [-0.1, -0.05) is 12.1 Å². The third-order valence-corrected chi connectivity index (χ3v) is 2.82. The van der Waals surface area contributed by atoms with Crippen molar-refractivity contribution in [3.8, 4) is 11.5 Å². The van der Waals surface area contributed by atoms with Gasteiger partial charge in [0.2, 0.25) is 0 Å². The number of rotatable bonds is 6. The van der Waals surface area contributed by atoms with Gasteiger partial charge in [0.15, 0.2) is 11.5 Å². The van der Waals surface area contributed by atoms with Crippen LogP contribution in [0.2, 0.25) is 0 Å². The highest BCUT2D eigenvalue weighted by Gasteiger charge is 2.02. The van der Waals surface area contributed by atoms with E-state index >= 15 is 0 Å². The van der Waals surface area contributed by atoms with Gasteiger partial charge in [0.25, 0.3) is 5.56 Å². The highest BCUT2D eigenvalue weighted by molar-refractivity contribution is 5.69. The molecule has 0 unspecified atom stereocenters. The van der Waals surface area contributed by atoms with Crippen LogP contribution in [0.1, 0.15) is 24.0 Å². The Labute approximate surface area is 128 Å². The zero-order valence-corrected chi connectivity index (χ0v) is 12.5. The Morgan fingerprint density at radius 1 is 1.32 bits per heavy atom. The third-order valence-electron chi connectivity index (χ3n) is 2.82. The maximum Gasteiger partial charge on any atom is 0.251 e. The molecule has 0 aliphatic rings. The molecule has 1 aromatic carbocycles. The van der Waals surface area contributed by atoms with Gasteiger partial charge in [0, 0.05) is 13.2 Å². The number of nitrogens with zero attached hydrogens (tertiary/aromatic N) is 1. The molecule has 0 aliphatic carbocycles. The van der Waals surface area contributed by atoms with Crippen molar-refractivity contribution >= 4 is 12.2 Å². The van der Waals surface area contributed by atoms with E-state index in [0.29, 0.717) is 23.9 Å². The van der Waals surface area contributed by atoms with Crippen LogP contribution < -0.4 is 10.3 Å². The Kier molecular flexibility index (Phi) is 5.32. The summed E-state index contributed by atoms with van der Waals surface area (Å²) in [6.45, 7) is 2.56. The molecule has 0 fully saturated rings. The molecule has 0 saturated carbocycles. The molecule has 6 nitrogen and oxygen atoms in total. The van der Waals surface area contributed by atoms with E-state index in [1.54, 1.807) is 30.4 Å². The maximum atomic E-state index is 11.5. The van der Waals surface area contributed by atoms with Crippen molar-refractivity contribution in [2.24, 2.45) is 0 Å². The van der Waals surface area contributed by atoms with Crippen LogP contribution in [-0.4, -0.2) is 28.8 Å². The van der Waals surface area contributed by atoms with Crippen molar-refractivity contribution in [2.75, 3.05) is 13.7 Å². The lowest BCUT2D eigenvalue weighted by molar-refractivity contribution is 0.177. The number of nitrogens with one attached hydrogen (secondary N) is 1. The fourth-order valence-electron chi connectivity index (χ4n) is 1.91. The van der Waals surface area contributed by atoms with Crippen molar-refractivity contribution in [1.29, 1.82) is 0 Å². The van der Waals surface area contributed by atoms with Crippen LogP contribution in [0.3, 0.4) is 0 Å². The normalized spacial score (nSPS) is 11.0. The number of ether oxygens (including phenoxy) is 2. The van der Waals surface area contributed by atoms with Gasteiger partial charge in [-0.2, -0.15) is 0 Å². The van der Waals surface area contributed by atoms with Gasteiger partial charge in [-0.25, -0.2) is 4.98 Å². The Bertz CT molecular complexity index is 722. The lowest BCUT2D eigenvalue weighted by Crippen LogP contribution is -2.11. The van der Waals surface area contributed by atoms with Gasteiger partial charge in [0.1, 0.15) is 12.4 Å². The summed E-state index contributed by atoms with van der Waals surface area (Å²) >= 11 is 0. The molecule has 0 amide bonds. The van der Waals surface area contributed by atoms with Crippen molar-refractivity contribution in [3.05, 3.63) is 51.7 Å². The number of phenolic OH excluding ortho intramolecular Hbond substituents is 1. The highest BCUT2D eigenvalue weighted by Crippen LogP contribution is 2.27. The fraction of sp³-hybridized carbons (Fsp3) is 0.250. The lowest BCUT2D eigenvalue weighted by Gasteiger charge is -2.06. The minimum absolute atomic E-state index is 0.0932. The van der Waals surface area contributed by atoms with E-state index in [4.69, 9.17) is 9.47 Å². The second-order valence-corrected chi connectivity index (χ2v) is 4.54. The van der Waals surface area contributed by atoms with E-state index < -0.39 is 0 Å². The highest BCUT2D eigenvalue weighted by atomic mass is 16.5. The molecule has 2 aromatic rings. The summed E-state index contributed by atoms with van der Waals surface area (Å²) in [6.07, 6.45) is 3.51. The van der Waals surface area contributed by atoms with Gasteiger partial charge in [-0.3, -0.25) is 4.79 Å². The fourth-order valence-corrected chi connectivity index (χ4v) is 1.91. The molecule has 0 atom stereocenters. The van der Waals surface area contributed by atoms with Gasteiger partial charge >= 0.3 is 0 Å². The minimum atomic E-state index is -0.234. The number of hydrogen-bond donors (Lipinski definition) is 2. The average molecular weight is 302 g/mol. The molecule has 6 heteroatoms. The van der Waals surface area contributed by atoms with E-state index in [1.807, 2.05) is 6.92 Å². The number of benzene rings is 1. The Morgan fingerprint density at radius 3 is 2.86 bits per heavy atom. The molecule has 22 heavy (non-hydrogen) atoms. The first-order valence-electron chi connectivity index (χ1n) is 6.85. The van der Waals surface area contributed by atoms with E-state index in [1.165, 1.54) is 13.2 Å². The average Bonchev–Trinajstić information content (AvgIpc) is 2.48. The first-order chi connectivity index (χ1) is 10.6. The number of H-pyrrole nitrogens is 1. The second kappa shape index (κ2) is 7.42. The summed E-state index contributed by atoms with van der Waals surface area (Å²) in [7, 11) is 1.54. The SMILES string of the molecule is CCOc1cc(/C=C/c2cc(=O)[nH]c(COC)n2)ccc1O. The number of aromatic nitrogens is 2. The van der Waals surface area contributed by atoms with Crippen molar-refractivity contribution in [1.82, 2.24) is 9.97 Å². The molecule has 0 radical (unpaired) electrons. The van der Waals surface area contributed by atoms with Crippen molar-refractivity contribution < 1.29 is 14.6 Å². The smallest absolute Gasteiger partial charge is 0.251 e. The number of hydrogen-bond acceptors (Lipinski definition) is 5. The predicted octanol–water partition coefficient (Wildman–Crippen LogP) is 2.19. The summed E-state index contributed by atoms with van der Waals surface area (Å²) in [6, 6.07) is 6.43. The molecule has 0 bridgehead atoms. The van der Waals surface area contributed by atoms with Crippen LogP contribution in [0, 0.1) is 0 Å². The number of phenols is 1. The summed E-state index contributed by atoms with van der Waals surface area (Å²) in [5.74, 6) is 0.981. The van der Waals surface area contributed by atoms with Crippen LogP contribution >= 0.6 is 0 Å². The molecule has 0 aliphatic heterocycles.